The first-order valence-electron chi connectivity index (χ1n) is 6.91. The molecule has 0 amide bonds. The summed E-state index contributed by atoms with van der Waals surface area (Å²) in [5.41, 5.74) is 3.91. The predicted octanol–water partition coefficient (Wildman–Crippen LogP) is 4.29. The standard InChI is InChI=1S/C16H18N2OS/c1-3-8-17-15(16-11(2)18-10-20-16)14-9-12-6-4-5-7-13(12)19-14/h4-7,9-10,15,17H,3,8H2,1-2H3. The van der Waals surface area contributed by atoms with E-state index in [1.807, 2.05) is 23.7 Å². The third-order valence-corrected chi connectivity index (χ3v) is 4.37. The van der Waals surface area contributed by atoms with Gasteiger partial charge < -0.3 is 9.73 Å². The molecule has 20 heavy (non-hydrogen) atoms. The lowest BCUT2D eigenvalue weighted by Gasteiger charge is -2.15. The molecule has 1 aromatic carbocycles. The Morgan fingerprint density at radius 3 is 2.90 bits per heavy atom. The summed E-state index contributed by atoms with van der Waals surface area (Å²) in [6.07, 6.45) is 1.09. The van der Waals surface area contributed by atoms with E-state index in [0.29, 0.717) is 0 Å². The molecule has 0 fully saturated rings. The molecule has 0 saturated carbocycles. The summed E-state index contributed by atoms with van der Waals surface area (Å²) >= 11 is 1.68. The highest BCUT2D eigenvalue weighted by atomic mass is 32.1. The lowest BCUT2D eigenvalue weighted by Crippen LogP contribution is -2.22. The van der Waals surface area contributed by atoms with Crippen molar-refractivity contribution in [2.75, 3.05) is 6.54 Å². The highest BCUT2D eigenvalue weighted by Crippen LogP contribution is 2.31. The van der Waals surface area contributed by atoms with Gasteiger partial charge in [0.05, 0.1) is 16.1 Å². The van der Waals surface area contributed by atoms with Crippen LogP contribution < -0.4 is 5.32 Å². The maximum absolute atomic E-state index is 6.02. The number of nitrogens with one attached hydrogen (secondary N) is 1. The molecule has 3 aromatic rings. The largest absolute Gasteiger partial charge is 0.459 e. The molecule has 3 rings (SSSR count). The molecule has 0 aliphatic rings. The van der Waals surface area contributed by atoms with E-state index >= 15 is 0 Å². The molecular weight excluding hydrogens is 268 g/mol. The monoisotopic (exact) mass is 286 g/mol. The van der Waals surface area contributed by atoms with Gasteiger partial charge in [0.15, 0.2) is 0 Å². The Balaban J connectivity index is 2.02. The summed E-state index contributed by atoms with van der Waals surface area (Å²) in [6.45, 7) is 5.18. The van der Waals surface area contributed by atoms with Crippen molar-refractivity contribution >= 4 is 22.3 Å². The average molecular weight is 286 g/mol. The van der Waals surface area contributed by atoms with Crippen LogP contribution in [0.25, 0.3) is 11.0 Å². The van der Waals surface area contributed by atoms with E-state index in [0.717, 1.165) is 35.4 Å². The normalized spacial score (nSPS) is 12.9. The molecule has 0 saturated heterocycles. The summed E-state index contributed by atoms with van der Waals surface area (Å²) in [4.78, 5) is 5.60. The fourth-order valence-electron chi connectivity index (χ4n) is 2.34. The number of fused-ring (bicyclic) bond motifs is 1. The lowest BCUT2D eigenvalue weighted by molar-refractivity contribution is 0.472. The highest BCUT2D eigenvalue weighted by Gasteiger charge is 2.21. The van der Waals surface area contributed by atoms with Gasteiger partial charge in [0.2, 0.25) is 0 Å². The minimum atomic E-state index is 0.0925. The van der Waals surface area contributed by atoms with Crippen LogP contribution in [0.5, 0.6) is 0 Å². The number of para-hydroxylation sites is 1. The van der Waals surface area contributed by atoms with Crippen molar-refractivity contribution in [1.82, 2.24) is 10.3 Å². The van der Waals surface area contributed by atoms with E-state index in [1.165, 1.54) is 4.88 Å². The Labute approximate surface area is 122 Å². The van der Waals surface area contributed by atoms with Gasteiger partial charge in [-0.1, -0.05) is 25.1 Å². The molecular formula is C16H18N2OS. The minimum absolute atomic E-state index is 0.0925. The second-order valence-corrected chi connectivity index (χ2v) is 5.76. The summed E-state index contributed by atoms with van der Waals surface area (Å²) in [7, 11) is 0. The first-order valence-corrected chi connectivity index (χ1v) is 7.79. The van der Waals surface area contributed by atoms with Crippen LogP contribution >= 0.6 is 11.3 Å². The number of hydrogen-bond donors (Lipinski definition) is 1. The smallest absolute Gasteiger partial charge is 0.134 e. The highest BCUT2D eigenvalue weighted by molar-refractivity contribution is 7.09. The van der Waals surface area contributed by atoms with Gasteiger partial charge in [-0.25, -0.2) is 4.98 Å². The van der Waals surface area contributed by atoms with Crippen molar-refractivity contribution in [2.45, 2.75) is 26.3 Å². The van der Waals surface area contributed by atoms with Crippen molar-refractivity contribution in [3.63, 3.8) is 0 Å². The number of hydrogen-bond acceptors (Lipinski definition) is 4. The van der Waals surface area contributed by atoms with Crippen LogP contribution in [0.1, 0.15) is 35.7 Å². The van der Waals surface area contributed by atoms with Gasteiger partial charge in [-0.05, 0) is 32.0 Å². The molecule has 0 radical (unpaired) electrons. The SMILES string of the molecule is CCCNC(c1cc2ccccc2o1)c1scnc1C. The van der Waals surface area contributed by atoms with Crippen molar-refractivity contribution in [2.24, 2.45) is 0 Å². The van der Waals surface area contributed by atoms with E-state index in [9.17, 15) is 0 Å². The molecule has 4 heteroatoms. The number of aryl methyl sites for hydroxylation is 1. The van der Waals surface area contributed by atoms with Crippen LogP contribution in [-0.4, -0.2) is 11.5 Å². The minimum Gasteiger partial charge on any atom is -0.459 e. The maximum Gasteiger partial charge on any atom is 0.134 e. The Bertz CT molecular complexity index is 668. The Morgan fingerprint density at radius 1 is 1.35 bits per heavy atom. The van der Waals surface area contributed by atoms with E-state index in [-0.39, 0.29) is 6.04 Å². The first-order chi connectivity index (χ1) is 9.79. The summed E-state index contributed by atoms with van der Waals surface area (Å²) < 4.78 is 6.02. The number of nitrogens with zero attached hydrogens (tertiary/aromatic N) is 1. The zero-order chi connectivity index (χ0) is 13.9. The van der Waals surface area contributed by atoms with E-state index < -0.39 is 0 Å². The average Bonchev–Trinajstić information content (AvgIpc) is 3.06. The molecule has 0 aliphatic carbocycles. The van der Waals surface area contributed by atoms with Crippen molar-refractivity contribution in [3.8, 4) is 0 Å². The maximum atomic E-state index is 6.02. The molecule has 2 aromatic heterocycles. The number of furan rings is 1. The van der Waals surface area contributed by atoms with E-state index in [4.69, 9.17) is 4.42 Å². The zero-order valence-electron chi connectivity index (χ0n) is 11.7. The fourth-order valence-corrected chi connectivity index (χ4v) is 3.23. The fraction of sp³-hybridized carbons (Fsp3) is 0.312. The third-order valence-electron chi connectivity index (χ3n) is 3.37. The molecule has 3 nitrogen and oxygen atoms in total. The van der Waals surface area contributed by atoms with Crippen molar-refractivity contribution < 1.29 is 4.42 Å². The van der Waals surface area contributed by atoms with Crippen LogP contribution in [0, 0.1) is 6.92 Å². The van der Waals surface area contributed by atoms with Gasteiger partial charge in [-0.15, -0.1) is 11.3 Å². The third kappa shape index (κ3) is 2.49. The van der Waals surface area contributed by atoms with Gasteiger partial charge in [0.25, 0.3) is 0 Å². The number of thiazole rings is 1. The lowest BCUT2D eigenvalue weighted by atomic mass is 10.1. The van der Waals surface area contributed by atoms with Crippen LogP contribution in [0.15, 0.2) is 40.3 Å². The molecule has 1 unspecified atom stereocenters. The van der Waals surface area contributed by atoms with Crippen LogP contribution in [0.2, 0.25) is 0 Å². The number of rotatable bonds is 5. The summed E-state index contributed by atoms with van der Waals surface area (Å²) in [5, 5.41) is 4.71. The van der Waals surface area contributed by atoms with Gasteiger partial charge in [0.1, 0.15) is 17.4 Å². The zero-order valence-corrected chi connectivity index (χ0v) is 12.5. The van der Waals surface area contributed by atoms with Crippen molar-refractivity contribution in [1.29, 1.82) is 0 Å². The Hall–Kier alpha value is -1.65. The molecule has 104 valence electrons. The predicted molar refractivity (Wildman–Crippen MR) is 83.2 cm³/mol. The van der Waals surface area contributed by atoms with E-state index in [1.54, 1.807) is 11.3 Å². The molecule has 1 N–H and O–H groups in total. The van der Waals surface area contributed by atoms with Gasteiger partial charge in [-0.2, -0.15) is 0 Å². The molecule has 0 aliphatic heterocycles. The quantitative estimate of drug-likeness (QED) is 0.760. The van der Waals surface area contributed by atoms with Crippen LogP contribution in [0.3, 0.4) is 0 Å². The molecule has 2 heterocycles. The molecule has 0 bridgehead atoms. The van der Waals surface area contributed by atoms with E-state index in [2.05, 4.69) is 36.3 Å². The summed E-state index contributed by atoms with van der Waals surface area (Å²) in [5.74, 6) is 0.965. The second kappa shape index (κ2) is 5.77. The Kier molecular flexibility index (Phi) is 3.85. The number of aromatic nitrogens is 1. The molecule has 0 spiro atoms. The van der Waals surface area contributed by atoms with Gasteiger partial charge >= 0.3 is 0 Å². The van der Waals surface area contributed by atoms with Crippen LogP contribution in [-0.2, 0) is 0 Å². The second-order valence-electron chi connectivity index (χ2n) is 4.88. The summed E-state index contributed by atoms with van der Waals surface area (Å²) in [6, 6.07) is 10.3. The van der Waals surface area contributed by atoms with Gasteiger partial charge in [-0.3, -0.25) is 0 Å². The van der Waals surface area contributed by atoms with Gasteiger partial charge in [0, 0.05) is 5.39 Å². The van der Waals surface area contributed by atoms with Crippen LogP contribution in [0.4, 0.5) is 0 Å². The van der Waals surface area contributed by atoms with Crippen molar-refractivity contribution in [3.05, 3.63) is 52.2 Å². The topological polar surface area (TPSA) is 38.1 Å². The number of benzene rings is 1. The Morgan fingerprint density at radius 2 is 2.20 bits per heavy atom. The molecule has 1 atom stereocenters. The first kappa shape index (κ1) is 13.3.